The summed E-state index contributed by atoms with van der Waals surface area (Å²) in [6.45, 7) is 1.24. The van der Waals surface area contributed by atoms with Gasteiger partial charge in [0.1, 0.15) is 17.9 Å². The summed E-state index contributed by atoms with van der Waals surface area (Å²) in [6.07, 6.45) is 1.66. The summed E-state index contributed by atoms with van der Waals surface area (Å²) in [4.78, 5) is 0. The fraction of sp³-hybridized carbons (Fsp3) is 0.273. The zero-order chi connectivity index (χ0) is 11.4. The molecule has 0 atom stereocenters. The second kappa shape index (κ2) is 4.76. The lowest BCUT2D eigenvalue weighted by molar-refractivity contribution is 0.463. The molecule has 1 aromatic carbocycles. The zero-order valence-corrected chi connectivity index (χ0v) is 9.09. The smallest absolute Gasteiger partial charge is 0.146 e. The van der Waals surface area contributed by atoms with Crippen LogP contribution in [0.15, 0.2) is 30.6 Å². The number of nitrogens with zero attached hydrogens (tertiary/aromatic N) is 3. The average molecular weight is 218 g/mol. The van der Waals surface area contributed by atoms with Gasteiger partial charge >= 0.3 is 0 Å². The van der Waals surface area contributed by atoms with Crippen molar-refractivity contribution in [1.29, 1.82) is 0 Å². The summed E-state index contributed by atoms with van der Waals surface area (Å²) in [5.74, 6) is 1.18. The molecule has 2 N–H and O–H groups in total. The van der Waals surface area contributed by atoms with Crippen molar-refractivity contribution in [1.82, 2.24) is 20.1 Å². The Morgan fingerprint density at radius 2 is 2.12 bits per heavy atom. The molecule has 16 heavy (non-hydrogen) atoms. The minimum Gasteiger partial charge on any atom is -0.508 e. The first kappa shape index (κ1) is 10.6. The standard InChI is InChI=1S/C11H14N4O/c1-15-8-13-14-11(15)7-12-6-9-4-2-3-5-10(9)16/h2-5,8,12,16H,6-7H2,1H3. The molecule has 84 valence electrons. The topological polar surface area (TPSA) is 63.0 Å². The van der Waals surface area contributed by atoms with Crippen LogP contribution in [-0.2, 0) is 20.1 Å². The van der Waals surface area contributed by atoms with E-state index in [0.29, 0.717) is 18.8 Å². The minimum atomic E-state index is 0.313. The Bertz CT molecular complexity index is 467. The summed E-state index contributed by atoms with van der Waals surface area (Å²) < 4.78 is 1.86. The zero-order valence-electron chi connectivity index (χ0n) is 9.09. The summed E-state index contributed by atoms with van der Waals surface area (Å²) in [5.41, 5.74) is 0.879. The number of phenols is 1. The maximum absolute atomic E-state index is 9.55. The monoisotopic (exact) mass is 218 g/mol. The van der Waals surface area contributed by atoms with Crippen LogP contribution >= 0.6 is 0 Å². The van der Waals surface area contributed by atoms with Crippen molar-refractivity contribution in [2.75, 3.05) is 0 Å². The first-order valence-electron chi connectivity index (χ1n) is 5.08. The van der Waals surface area contributed by atoms with E-state index < -0.39 is 0 Å². The predicted octanol–water partition coefficient (Wildman–Crippen LogP) is 0.810. The van der Waals surface area contributed by atoms with Gasteiger partial charge in [0.05, 0.1) is 6.54 Å². The summed E-state index contributed by atoms with van der Waals surface area (Å²) in [5, 5.41) is 20.5. The van der Waals surface area contributed by atoms with Gasteiger partial charge in [-0.1, -0.05) is 18.2 Å². The van der Waals surface area contributed by atoms with Gasteiger partial charge in [0.2, 0.25) is 0 Å². The molecule has 0 amide bonds. The SMILES string of the molecule is Cn1cnnc1CNCc1ccccc1O. The largest absolute Gasteiger partial charge is 0.508 e. The number of benzene rings is 1. The quantitative estimate of drug-likeness (QED) is 0.797. The maximum Gasteiger partial charge on any atom is 0.146 e. The van der Waals surface area contributed by atoms with E-state index in [1.165, 1.54) is 0 Å². The van der Waals surface area contributed by atoms with Crippen LogP contribution in [0.4, 0.5) is 0 Å². The van der Waals surface area contributed by atoms with Gasteiger partial charge in [-0.15, -0.1) is 10.2 Å². The first-order valence-corrected chi connectivity index (χ1v) is 5.08. The third kappa shape index (κ3) is 2.38. The van der Waals surface area contributed by atoms with Crippen LogP contribution in [0.1, 0.15) is 11.4 Å². The molecule has 0 bridgehead atoms. The second-order valence-electron chi connectivity index (χ2n) is 3.59. The van der Waals surface area contributed by atoms with Crippen molar-refractivity contribution in [3.05, 3.63) is 42.0 Å². The molecule has 0 saturated heterocycles. The van der Waals surface area contributed by atoms with Crippen LogP contribution in [0.25, 0.3) is 0 Å². The number of aromatic nitrogens is 3. The molecule has 0 aliphatic rings. The fourth-order valence-electron chi connectivity index (χ4n) is 1.44. The fourth-order valence-corrected chi connectivity index (χ4v) is 1.44. The van der Waals surface area contributed by atoms with Gasteiger partial charge in [-0.25, -0.2) is 0 Å². The lowest BCUT2D eigenvalue weighted by Crippen LogP contribution is -2.15. The molecule has 0 fully saturated rings. The number of aromatic hydroxyl groups is 1. The number of aryl methyl sites for hydroxylation is 1. The number of hydrogen-bond acceptors (Lipinski definition) is 4. The van der Waals surface area contributed by atoms with Crippen LogP contribution < -0.4 is 5.32 Å². The Balaban J connectivity index is 1.89. The molecule has 0 radical (unpaired) electrons. The molecule has 1 aromatic heterocycles. The van der Waals surface area contributed by atoms with E-state index in [1.54, 1.807) is 12.4 Å². The van der Waals surface area contributed by atoms with Gasteiger partial charge in [-0.2, -0.15) is 0 Å². The van der Waals surface area contributed by atoms with Crippen molar-refractivity contribution in [2.45, 2.75) is 13.1 Å². The number of nitrogens with one attached hydrogen (secondary N) is 1. The van der Waals surface area contributed by atoms with Gasteiger partial charge in [0, 0.05) is 19.2 Å². The highest BCUT2D eigenvalue weighted by atomic mass is 16.3. The molecule has 5 heteroatoms. The Morgan fingerprint density at radius 3 is 2.81 bits per heavy atom. The van der Waals surface area contributed by atoms with Crippen LogP contribution in [0.2, 0.25) is 0 Å². The third-order valence-corrected chi connectivity index (χ3v) is 2.40. The van der Waals surface area contributed by atoms with E-state index in [1.807, 2.05) is 29.8 Å². The second-order valence-corrected chi connectivity index (χ2v) is 3.59. The van der Waals surface area contributed by atoms with Gasteiger partial charge in [-0.3, -0.25) is 0 Å². The highest BCUT2D eigenvalue weighted by molar-refractivity contribution is 5.31. The number of hydrogen-bond donors (Lipinski definition) is 2. The first-order chi connectivity index (χ1) is 7.77. The highest BCUT2D eigenvalue weighted by Crippen LogP contribution is 2.14. The Labute approximate surface area is 93.8 Å². The highest BCUT2D eigenvalue weighted by Gasteiger charge is 2.01. The van der Waals surface area contributed by atoms with Crippen molar-refractivity contribution in [3.8, 4) is 5.75 Å². The summed E-state index contributed by atoms with van der Waals surface area (Å²) in [7, 11) is 1.90. The van der Waals surface area contributed by atoms with E-state index in [2.05, 4.69) is 15.5 Å². The Kier molecular flexibility index (Phi) is 3.16. The lowest BCUT2D eigenvalue weighted by Gasteiger charge is -2.05. The molecule has 0 aliphatic heterocycles. The van der Waals surface area contributed by atoms with Gasteiger partial charge in [0.25, 0.3) is 0 Å². The molecular weight excluding hydrogens is 204 g/mol. The number of para-hydroxylation sites is 1. The van der Waals surface area contributed by atoms with Crippen LogP contribution in [0.5, 0.6) is 5.75 Å². The molecule has 2 rings (SSSR count). The van der Waals surface area contributed by atoms with Crippen molar-refractivity contribution < 1.29 is 5.11 Å². The van der Waals surface area contributed by atoms with Gasteiger partial charge in [0.15, 0.2) is 0 Å². The molecular formula is C11H14N4O. The van der Waals surface area contributed by atoms with E-state index in [4.69, 9.17) is 0 Å². The summed E-state index contributed by atoms with van der Waals surface area (Å²) >= 11 is 0. The average Bonchev–Trinajstić information content (AvgIpc) is 2.67. The molecule has 0 saturated carbocycles. The van der Waals surface area contributed by atoms with E-state index in [0.717, 1.165) is 11.4 Å². The molecule has 2 aromatic rings. The predicted molar refractivity (Wildman–Crippen MR) is 59.7 cm³/mol. The summed E-state index contributed by atoms with van der Waals surface area (Å²) in [6, 6.07) is 7.28. The lowest BCUT2D eigenvalue weighted by atomic mass is 10.2. The van der Waals surface area contributed by atoms with E-state index in [9.17, 15) is 5.11 Å². The van der Waals surface area contributed by atoms with Crippen LogP contribution in [0.3, 0.4) is 0 Å². The van der Waals surface area contributed by atoms with Gasteiger partial charge < -0.3 is 15.0 Å². The van der Waals surface area contributed by atoms with Crippen LogP contribution in [-0.4, -0.2) is 19.9 Å². The minimum absolute atomic E-state index is 0.313. The third-order valence-electron chi connectivity index (χ3n) is 2.40. The van der Waals surface area contributed by atoms with Gasteiger partial charge in [-0.05, 0) is 6.07 Å². The molecule has 0 unspecified atom stereocenters. The molecule has 5 nitrogen and oxygen atoms in total. The molecule has 0 spiro atoms. The maximum atomic E-state index is 9.55. The Hall–Kier alpha value is -1.88. The molecule has 0 aliphatic carbocycles. The van der Waals surface area contributed by atoms with E-state index >= 15 is 0 Å². The van der Waals surface area contributed by atoms with E-state index in [-0.39, 0.29) is 0 Å². The number of rotatable bonds is 4. The Morgan fingerprint density at radius 1 is 1.31 bits per heavy atom. The van der Waals surface area contributed by atoms with Crippen molar-refractivity contribution >= 4 is 0 Å². The number of phenolic OH excluding ortho intramolecular Hbond substituents is 1. The normalized spacial score (nSPS) is 10.6. The van der Waals surface area contributed by atoms with Crippen molar-refractivity contribution in [2.24, 2.45) is 7.05 Å². The van der Waals surface area contributed by atoms with Crippen LogP contribution in [0, 0.1) is 0 Å². The van der Waals surface area contributed by atoms with Crippen molar-refractivity contribution in [3.63, 3.8) is 0 Å². The molecule has 1 heterocycles.